The lowest BCUT2D eigenvalue weighted by molar-refractivity contribution is -0.135. The number of nitrogens with one attached hydrogen (secondary N) is 1. The average molecular weight is 356 g/mol. The van der Waals surface area contributed by atoms with E-state index in [0.29, 0.717) is 18.2 Å². The van der Waals surface area contributed by atoms with Gasteiger partial charge in [-0.2, -0.15) is 0 Å². The van der Waals surface area contributed by atoms with Gasteiger partial charge in [-0.05, 0) is 16.3 Å². The molecule has 1 atom stereocenters. The minimum absolute atomic E-state index is 0.131. The largest absolute Gasteiger partial charge is 0.352 e. The van der Waals surface area contributed by atoms with Crippen molar-refractivity contribution in [2.24, 2.45) is 0 Å². The second-order valence-electron chi connectivity index (χ2n) is 5.98. The van der Waals surface area contributed by atoms with E-state index in [1.165, 1.54) is 0 Å². The maximum absolute atomic E-state index is 12.1. The summed E-state index contributed by atoms with van der Waals surface area (Å²) in [5.74, 6) is 0.876. The number of amides is 2. The van der Waals surface area contributed by atoms with Crippen molar-refractivity contribution in [2.75, 3.05) is 11.6 Å². The first kappa shape index (κ1) is 17.5. The minimum atomic E-state index is -0.351. The molecule has 0 aromatic heterocycles. The molecular weight excluding hydrogens is 336 g/mol. The number of carbonyl (C=O) groups is 3. The van der Waals surface area contributed by atoms with Gasteiger partial charge in [-0.1, -0.05) is 42.5 Å². The van der Waals surface area contributed by atoms with Crippen LogP contribution in [0.5, 0.6) is 0 Å². The van der Waals surface area contributed by atoms with Gasteiger partial charge in [0.25, 0.3) is 0 Å². The van der Waals surface area contributed by atoms with Crippen molar-refractivity contribution in [3.8, 4) is 0 Å². The van der Waals surface area contributed by atoms with E-state index in [1.807, 2.05) is 42.5 Å². The zero-order chi connectivity index (χ0) is 17.6. The third kappa shape index (κ3) is 4.20. The molecule has 3 rings (SSSR count). The summed E-state index contributed by atoms with van der Waals surface area (Å²) >= 11 is 1.56. The van der Waals surface area contributed by atoms with Crippen LogP contribution in [0.25, 0.3) is 10.8 Å². The standard InChI is InChI=1S/C19H20N2O3S/c22-11-16-12-25-13-21(16)19(24)9-8-18(23)20-10-15-6-3-5-14-4-1-2-7-17(14)15/h1-7,11,16H,8-10,12-13H2,(H,20,23)/t16-/m1/s1. The van der Waals surface area contributed by atoms with E-state index in [4.69, 9.17) is 0 Å². The van der Waals surface area contributed by atoms with Crippen LogP contribution in [0.2, 0.25) is 0 Å². The number of thioether (sulfide) groups is 1. The Morgan fingerprint density at radius 2 is 1.96 bits per heavy atom. The predicted octanol–water partition coefficient (Wildman–Crippen LogP) is 2.34. The van der Waals surface area contributed by atoms with Gasteiger partial charge in [0.1, 0.15) is 6.29 Å². The average Bonchev–Trinajstić information content (AvgIpc) is 3.13. The molecule has 6 heteroatoms. The molecule has 0 unspecified atom stereocenters. The molecule has 1 heterocycles. The van der Waals surface area contributed by atoms with Gasteiger partial charge in [0.15, 0.2) is 0 Å². The molecule has 1 saturated heterocycles. The third-order valence-corrected chi connectivity index (χ3v) is 5.36. The molecule has 130 valence electrons. The van der Waals surface area contributed by atoms with E-state index >= 15 is 0 Å². The fraction of sp³-hybridized carbons (Fsp3) is 0.316. The van der Waals surface area contributed by atoms with Gasteiger partial charge in [-0.15, -0.1) is 11.8 Å². The lowest BCUT2D eigenvalue weighted by Gasteiger charge is -2.19. The highest BCUT2D eigenvalue weighted by atomic mass is 32.2. The molecule has 0 aliphatic carbocycles. The fourth-order valence-electron chi connectivity index (χ4n) is 2.92. The van der Waals surface area contributed by atoms with Crippen molar-refractivity contribution in [3.05, 3.63) is 48.0 Å². The molecule has 25 heavy (non-hydrogen) atoms. The highest BCUT2D eigenvalue weighted by Gasteiger charge is 2.28. The zero-order valence-electron chi connectivity index (χ0n) is 13.8. The lowest BCUT2D eigenvalue weighted by Crippen LogP contribution is -2.38. The van der Waals surface area contributed by atoms with Crippen LogP contribution in [0.3, 0.4) is 0 Å². The summed E-state index contributed by atoms with van der Waals surface area (Å²) in [7, 11) is 0. The summed E-state index contributed by atoms with van der Waals surface area (Å²) in [5, 5.41) is 5.13. The quantitative estimate of drug-likeness (QED) is 0.807. The van der Waals surface area contributed by atoms with Crippen molar-refractivity contribution in [1.29, 1.82) is 0 Å². The number of hydrogen-bond donors (Lipinski definition) is 1. The van der Waals surface area contributed by atoms with Crippen LogP contribution in [0.4, 0.5) is 0 Å². The summed E-state index contributed by atoms with van der Waals surface area (Å²) < 4.78 is 0. The number of fused-ring (bicyclic) bond motifs is 1. The van der Waals surface area contributed by atoms with Gasteiger partial charge >= 0.3 is 0 Å². The number of benzene rings is 2. The van der Waals surface area contributed by atoms with Crippen molar-refractivity contribution < 1.29 is 14.4 Å². The Bertz CT molecular complexity index is 788. The molecule has 0 bridgehead atoms. The van der Waals surface area contributed by atoms with Crippen molar-refractivity contribution in [2.45, 2.75) is 25.4 Å². The second kappa shape index (κ2) is 8.16. The molecule has 1 aliphatic rings. The van der Waals surface area contributed by atoms with Crippen molar-refractivity contribution >= 4 is 40.6 Å². The van der Waals surface area contributed by atoms with Crippen LogP contribution in [-0.4, -0.2) is 40.7 Å². The number of nitrogens with zero attached hydrogens (tertiary/aromatic N) is 1. The van der Waals surface area contributed by atoms with Crippen molar-refractivity contribution in [3.63, 3.8) is 0 Å². The smallest absolute Gasteiger partial charge is 0.224 e. The van der Waals surface area contributed by atoms with E-state index < -0.39 is 0 Å². The molecule has 5 nitrogen and oxygen atoms in total. The molecule has 1 fully saturated rings. The summed E-state index contributed by atoms with van der Waals surface area (Å²) in [6.45, 7) is 0.435. The lowest BCUT2D eigenvalue weighted by atomic mass is 10.0. The molecule has 0 saturated carbocycles. The number of aldehydes is 1. The van der Waals surface area contributed by atoms with Gasteiger partial charge in [0, 0.05) is 25.1 Å². The number of hydrogen-bond acceptors (Lipinski definition) is 4. The number of carbonyl (C=O) groups excluding carboxylic acids is 3. The molecule has 2 aromatic rings. The Morgan fingerprint density at radius 3 is 2.80 bits per heavy atom. The molecule has 2 amide bonds. The Hall–Kier alpha value is -2.34. The first-order valence-electron chi connectivity index (χ1n) is 8.25. The van der Waals surface area contributed by atoms with E-state index in [9.17, 15) is 14.4 Å². The minimum Gasteiger partial charge on any atom is -0.352 e. The number of rotatable bonds is 6. The topological polar surface area (TPSA) is 66.5 Å². The SMILES string of the molecule is O=C[C@@H]1CSCN1C(=O)CCC(=O)NCc1cccc2ccccc12. The maximum atomic E-state index is 12.1. The Kier molecular flexibility index (Phi) is 5.71. The van der Waals surface area contributed by atoms with E-state index in [2.05, 4.69) is 5.32 Å². The fourth-order valence-corrected chi connectivity index (χ4v) is 4.06. The van der Waals surface area contributed by atoms with Crippen LogP contribution >= 0.6 is 11.8 Å². The summed E-state index contributed by atoms with van der Waals surface area (Å²) in [5.41, 5.74) is 1.05. The molecule has 1 N–H and O–H groups in total. The van der Waals surface area contributed by atoms with Gasteiger partial charge in [0.2, 0.25) is 11.8 Å². The maximum Gasteiger partial charge on any atom is 0.224 e. The first-order chi connectivity index (χ1) is 12.2. The normalized spacial score (nSPS) is 16.8. The van der Waals surface area contributed by atoms with Crippen LogP contribution in [0, 0.1) is 0 Å². The monoisotopic (exact) mass is 356 g/mol. The Labute approximate surface area is 150 Å². The first-order valence-corrected chi connectivity index (χ1v) is 9.40. The Morgan fingerprint density at radius 1 is 1.16 bits per heavy atom. The van der Waals surface area contributed by atoms with Crippen LogP contribution < -0.4 is 5.32 Å². The van der Waals surface area contributed by atoms with E-state index in [1.54, 1.807) is 16.7 Å². The molecule has 0 spiro atoms. The van der Waals surface area contributed by atoms with Crippen LogP contribution in [0.15, 0.2) is 42.5 Å². The molecule has 1 aliphatic heterocycles. The highest BCUT2D eigenvalue weighted by Crippen LogP contribution is 2.21. The Balaban J connectivity index is 1.51. The van der Waals surface area contributed by atoms with Crippen LogP contribution in [0.1, 0.15) is 18.4 Å². The van der Waals surface area contributed by atoms with Gasteiger partial charge in [0.05, 0.1) is 11.9 Å². The molecule has 0 radical (unpaired) electrons. The molecular formula is C19H20N2O3S. The molecule has 2 aromatic carbocycles. The van der Waals surface area contributed by atoms with E-state index in [-0.39, 0.29) is 30.7 Å². The summed E-state index contributed by atoms with van der Waals surface area (Å²) in [4.78, 5) is 36.7. The predicted molar refractivity (Wildman–Crippen MR) is 99.1 cm³/mol. The van der Waals surface area contributed by atoms with Crippen LogP contribution in [-0.2, 0) is 20.9 Å². The summed E-state index contributed by atoms with van der Waals surface area (Å²) in [6, 6.07) is 13.7. The van der Waals surface area contributed by atoms with E-state index in [0.717, 1.165) is 22.6 Å². The van der Waals surface area contributed by atoms with Gasteiger partial charge in [-0.3, -0.25) is 9.59 Å². The highest BCUT2D eigenvalue weighted by molar-refractivity contribution is 7.99. The van der Waals surface area contributed by atoms with Crippen molar-refractivity contribution in [1.82, 2.24) is 10.2 Å². The second-order valence-corrected chi connectivity index (χ2v) is 6.98. The van der Waals surface area contributed by atoms with Gasteiger partial charge in [-0.25, -0.2) is 0 Å². The zero-order valence-corrected chi connectivity index (χ0v) is 14.6. The summed E-state index contributed by atoms with van der Waals surface area (Å²) in [6.07, 6.45) is 1.07. The third-order valence-electron chi connectivity index (χ3n) is 4.32. The van der Waals surface area contributed by atoms with Gasteiger partial charge < -0.3 is 15.0 Å².